The van der Waals surface area contributed by atoms with Gasteiger partial charge in [-0.25, -0.2) is 9.97 Å². The van der Waals surface area contributed by atoms with Gasteiger partial charge in [-0.15, -0.1) is 0 Å². The van der Waals surface area contributed by atoms with Gasteiger partial charge in [-0.05, 0) is 107 Å². The summed E-state index contributed by atoms with van der Waals surface area (Å²) in [5, 5.41) is 7.60. The summed E-state index contributed by atoms with van der Waals surface area (Å²) in [6.07, 6.45) is 20.0. The lowest BCUT2D eigenvalue weighted by Crippen LogP contribution is -1.90. The molecule has 0 saturated carbocycles. The average molecular weight is 678 g/mol. The lowest BCUT2D eigenvalue weighted by Gasteiger charge is -2.16. The number of allylic oxidation sites excluding steroid dienone is 4. The highest BCUT2D eigenvalue weighted by atomic mass is 14.8. The van der Waals surface area contributed by atoms with Gasteiger partial charge >= 0.3 is 0 Å². The van der Waals surface area contributed by atoms with Crippen molar-refractivity contribution in [3.8, 4) is 33.5 Å². The van der Waals surface area contributed by atoms with Crippen LogP contribution in [0.3, 0.4) is 0 Å². The molecule has 0 fully saturated rings. The van der Waals surface area contributed by atoms with Gasteiger partial charge in [-0.2, -0.15) is 0 Å². The molecule has 256 valence electrons. The van der Waals surface area contributed by atoms with E-state index in [2.05, 4.69) is 104 Å². The van der Waals surface area contributed by atoms with Crippen molar-refractivity contribution in [3.05, 3.63) is 183 Å². The Morgan fingerprint density at radius 3 is 1.62 bits per heavy atom. The quantitative estimate of drug-likeness (QED) is 0.0787. The molecule has 0 aliphatic rings. The third-order valence-corrected chi connectivity index (χ3v) is 8.34. The fourth-order valence-corrected chi connectivity index (χ4v) is 5.65. The van der Waals surface area contributed by atoms with Crippen LogP contribution in [0.25, 0.3) is 65.8 Å². The van der Waals surface area contributed by atoms with Crippen LogP contribution in [0.2, 0.25) is 0 Å². The molecule has 0 N–H and O–H groups in total. The van der Waals surface area contributed by atoms with Crippen molar-refractivity contribution in [1.82, 2.24) is 19.9 Å². The van der Waals surface area contributed by atoms with Crippen molar-refractivity contribution in [1.29, 1.82) is 0 Å². The molecule has 0 unspecified atom stereocenters. The Bertz CT molecular complexity index is 2350. The summed E-state index contributed by atoms with van der Waals surface area (Å²) in [6, 6.07) is 38.2. The molecule has 0 amide bonds. The Hall–Kier alpha value is -6.59. The van der Waals surface area contributed by atoms with Crippen LogP contribution >= 0.6 is 0 Å². The number of hydrogen-bond acceptors (Lipinski definition) is 5. The van der Waals surface area contributed by atoms with Gasteiger partial charge in [-0.1, -0.05) is 110 Å². The van der Waals surface area contributed by atoms with Crippen LogP contribution in [0.15, 0.2) is 188 Å². The fourth-order valence-electron chi connectivity index (χ4n) is 5.65. The van der Waals surface area contributed by atoms with E-state index in [1.165, 1.54) is 43.4 Å². The molecule has 0 spiro atoms. The Kier molecular flexibility index (Phi) is 13.4. The van der Waals surface area contributed by atoms with Crippen LogP contribution in [0.1, 0.15) is 27.7 Å². The van der Waals surface area contributed by atoms with Crippen molar-refractivity contribution >= 4 is 38.5 Å². The molecule has 5 nitrogen and oxygen atoms in total. The van der Waals surface area contributed by atoms with Crippen LogP contribution in [0.5, 0.6) is 0 Å². The molecule has 3 heterocycles. The van der Waals surface area contributed by atoms with E-state index in [4.69, 9.17) is 0 Å². The van der Waals surface area contributed by atoms with Gasteiger partial charge in [0.05, 0.1) is 5.69 Å². The molecule has 5 heteroatoms. The normalized spacial score (nSPS) is 11.1. The topological polar surface area (TPSA) is 63.9 Å². The van der Waals surface area contributed by atoms with E-state index in [-0.39, 0.29) is 0 Å². The number of nitrogens with zero attached hydrogens (tertiary/aromatic N) is 5. The Balaban J connectivity index is 0.000000240. The monoisotopic (exact) mass is 677 g/mol. The SMILES string of the molecule is C/C=C\C.C=C/C(C)=C\N=CC.c1ccc(-c2ccc(-c3ccc4ccc5c(-c6cncnc6)ccc6ccc3c4c65)cc2)nc1.c1ccncc1. The van der Waals surface area contributed by atoms with Gasteiger partial charge in [0.1, 0.15) is 6.33 Å². The predicted octanol–water partition coefficient (Wildman–Crippen LogP) is 12.6. The zero-order chi connectivity index (χ0) is 36.5. The van der Waals surface area contributed by atoms with Gasteiger partial charge in [0, 0.05) is 54.5 Å². The maximum Gasteiger partial charge on any atom is 0.115 e. The first kappa shape index (κ1) is 36.7. The van der Waals surface area contributed by atoms with E-state index in [0.717, 1.165) is 28.0 Å². The smallest absolute Gasteiger partial charge is 0.115 e. The van der Waals surface area contributed by atoms with E-state index in [0.29, 0.717) is 0 Å². The van der Waals surface area contributed by atoms with Gasteiger partial charge in [0.25, 0.3) is 0 Å². The van der Waals surface area contributed by atoms with Crippen molar-refractivity contribution in [2.24, 2.45) is 4.99 Å². The highest BCUT2D eigenvalue weighted by molar-refractivity contribution is 6.27. The van der Waals surface area contributed by atoms with Gasteiger partial charge in [-0.3, -0.25) is 15.0 Å². The molecule has 0 bridgehead atoms. The molecule has 0 aliphatic heterocycles. The molecule has 8 aromatic rings. The maximum atomic E-state index is 4.48. The second kappa shape index (κ2) is 19.0. The largest absolute Gasteiger partial charge is 0.269 e. The van der Waals surface area contributed by atoms with E-state index in [9.17, 15) is 0 Å². The van der Waals surface area contributed by atoms with Crippen molar-refractivity contribution in [2.45, 2.75) is 27.7 Å². The molecule has 5 aromatic carbocycles. The second-order valence-electron chi connectivity index (χ2n) is 11.7. The van der Waals surface area contributed by atoms with Crippen LogP contribution in [0.4, 0.5) is 0 Å². The third kappa shape index (κ3) is 9.14. The Labute approximate surface area is 306 Å². The second-order valence-corrected chi connectivity index (χ2v) is 11.7. The number of aliphatic imine (C=N–C) groups is 1. The minimum atomic E-state index is 0.988. The van der Waals surface area contributed by atoms with E-state index in [1.807, 2.05) is 94.8 Å². The molecule has 0 saturated heterocycles. The van der Waals surface area contributed by atoms with Crippen LogP contribution in [-0.4, -0.2) is 26.2 Å². The van der Waals surface area contributed by atoms with Gasteiger partial charge in [0.15, 0.2) is 0 Å². The molecule has 0 atom stereocenters. The van der Waals surface area contributed by atoms with Gasteiger partial charge in [0.2, 0.25) is 0 Å². The maximum absolute atomic E-state index is 4.48. The molecular formula is C47H43N5. The van der Waals surface area contributed by atoms with Crippen molar-refractivity contribution in [2.75, 3.05) is 0 Å². The van der Waals surface area contributed by atoms with E-state index in [1.54, 1.807) is 37.2 Å². The van der Waals surface area contributed by atoms with Crippen LogP contribution in [-0.2, 0) is 0 Å². The van der Waals surface area contributed by atoms with E-state index < -0.39 is 0 Å². The number of benzene rings is 5. The zero-order valence-electron chi connectivity index (χ0n) is 30.2. The summed E-state index contributed by atoms with van der Waals surface area (Å²) in [5.74, 6) is 0. The molecule has 52 heavy (non-hydrogen) atoms. The molecular weight excluding hydrogens is 635 g/mol. The summed E-state index contributed by atoms with van der Waals surface area (Å²) in [7, 11) is 0. The van der Waals surface area contributed by atoms with Crippen molar-refractivity contribution < 1.29 is 0 Å². The standard InChI is InChI=1S/C31H19N3.C7H11N.C5H5N.C4H8/c1-2-16-34-29(3-1)21-6-4-20(5-7-21)25-12-8-22-11-15-28-26(24-17-32-19-33-18-24)13-9-23-10-14-27(25)30(22)31(23)28;1-4-7(3)6-8-5-2;1-2-4-6-5-3-1;1-3-4-2/h1-19H;4-6H,1H2,2-3H3;1-5H;3-4H,1-2H3/b;7-6-,8-5?;;4-3-. The van der Waals surface area contributed by atoms with E-state index >= 15 is 0 Å². The summed E-state index contributed by atoms with van der Waals surface area (Å²) < 4.78 is 0. The first-order valence-electron chi connectivity index (χ1n) is 17.3. The highest BCUT2D eigenvalue weighted by Crippen LogP contribution is 2.42. The highest BCUT2D eigenvalue weighted by Gasteiger charge is 2.15. The number of hydrogen-bond donors (Lipinski definition) is 0. The fraction of sp³-hybridized carbons (Fsp3) is 0.0851. The first-order chi connectivity index (χ1) is 25.6. The minimum Gasteiger partial charge on any atom is -0.269 e. The van der Waals surface area contributed by atoms with Crippen LogP contribution in [0, 0.1) is 0 Å². The predicted molar refractivity (Wildman–Crippen MR) is 223 cm³/mol. The summed E-state index contributed by atoms with van der Waals surface area (Å²) in [4.78, 5) is 20.6. The summed E-state index contributed by atoms with van der Waals surface area (Å²) in [6.45, 7) is 11.4. The summed E-state index contributed by atoms with van der Waals surface area (Å²) >= 11 is 0. The average Bonchev–Trinajstić information content (AvgIpc) is 3.23. The number of pyridine rings is 2. The first-order valence-corrected chi connectivity index (χ1v) is 17.3. The lowest BCUT2D eigenvalue weighted by molar-refractivity contribution is 1.17. The lowest BCUT2D eigenvalue weighted by atomic mass is 9.87. The van der Waals surface area contributed by atoms with Crippen molar-refractivity contribution in [3.63, 3.8) is 0 Å². The molecule has 8 rings (SSSR count). The molecule has 0 radical (unpaired) electrons. The number of aromatic nitrogens is 4. The Morgan fingerprint density at radius 2 is 1.13 bits per heavy atom. The Morgan fingerprint density at radius 1 is 0.577 bits per heavy atom. The zero-order valence-corrected chi connectivity index (χ0v) is 30.2. The molecule has 0 aliphatic carbocycles. The summed E-state index contributed by atoms with van der Waals surface area (Å²) in [5.41, 5.74) is 7.83. The molecule has 3 aromatic heterocycles. The number of rotatable bonds is 5. The van der Waals surface area contributed by atoms with Crippen LogP contribution < -0.4 is 0 Å². The third-order valence-electron chi connectivity index (χ3n) is 8.34. The van der Waals surface area contributed by atoms with Gasteiger partial charge < -0.3 is 0 Å². The minimum absolute atomic E-state index is 0.988.